The van der Waals surface area contributed by atoms with Crippen LogP contribution in [-0.4, -0.2) is 30.1 Å². The summed E-state index contributed by atoms with van der Waals surface area (Å²) in [5, 5.41) is 3.49. The van der Waals surface area contributed by atoms with Crippen molar-refractivity contribution in [2.45, 2.75) is 32.4 Å². The Kier molecular flexibility index (Phi) is 3.31. The highest BCUT2D eigenvalue weighted by atomic mass is 15.3. The third kappa shape index (κ3) is 2.45. The number of piperazine rings is 1. The van der Waals surface area contributed by atoms with Crippen molar-refractivity contribution in [3.63, 3.8) is 0 Å². The number of nitrogens with one attached hydrogen (secondary N) is 1. The van der Waals surface area contributed by atoms with Gasteiger partial charge < -0.3 is 5.32 Å². The lowest BCUT2D eigenvalue weighted by Gasteiger charge is -2.45. The van der Waals surface area contributed by atoms with Gasteiger partial charge in [-0.25, -0.2) is 0 Å². The Labute approximate surface area is 98.7 Å². The van der Waals surface area contributed by atoms with E-state index < -0.39 is 0 Å². The zero-order chi connectivity index (χ0) is 11.6. The average Bonchev–Trinajstić information content (AvgIpc) is 2.29. The van der Waals surface area contributed by atoms with E-state index in [2.05, 4.69) is 61.3 Å². The monoisotopic (exact) mass is 218 g/mol. The first-order chi connectivity index (χ1) is 7.59. The number of rotatable bonds is 1. The number of hydrogen-bond donors (Lipinski definition) is 1. The normalized spacial score (nSPS) is 23.3. The molecule has 16 heavy (non-hydrogen) atoms. The molecule has 1 N–H and O–H groups in total. The Morgan fingerprint density at radius 2 is 1.88 bits per heavy atom. The molecule has 1 aromatic carbocycles. The minimum Gasteiger partial charge on any atom is -0.314 e. The van der Waals surface area contributed by atoms with Crippen LogP contribution in [0.4, 0.5) is 0 Å². The second-order valence-electron chi connectivity index (χ2n) is 5.49. The Bertz CT molecular complexity index is 326. The molecule has 0 aliphatic carbocycles. The fourth-order valence-electron chi connectivity index (χ4n) is 2.48. The van der Waals surface area contributed by atoms with Gasteiger partial charge in [0.25, 0.3) is 0 Å². The fourth-order valence-corrected chi connectivity index (χ4v) is 2.48. The lowest BCUT2D eigenvalue weighted by atomic mass is 9.96. The van der Waals surface area contributed by atoms with Gasteiger partial charge in [-0.05, 0) is 26.3 Å². The van der Waals surface area contributed by atoms with Crippen LogP contribution in [0.25, 0.3) is 0 Å². The van der Waals surface area contributed by atoms with Crippen LogP contribution in [-0.2, 0) is 0 Å². The Morgan fingerprint density at radius 3 is 2.50 bits per heavy atom. The largest absolute Gasteiger partial charge is 0.314 e. The van der Waals surface area contributed by atoms with Gasteiger partial charge in [-0.1, -0.05) is 30.3 Å². The molecule has 0 spiro atoms. The van der Waals surface area contributed by atoms with Crippen molar-refractivity contribution in [2.75, 3.05) is 19.6 Å². The van der Waals surface area contributed by atoms with Crippen LogP contribution in [0.15, 0.2) is 30.3 Å². The summed E-state index contributed by atoms with van der Waals surface area (Å²) in [5.74, 6) is 0. The summed E-state index contributed by atoms with van der Waals surface area (Å²) in [5.41, 5.74) is 1.66. The molecule has 1 fully saturated rings. The van der Waals surface area contributed by atoms with Gasteiger partial charge in [0.05, 0.1) is 0 Å². The Hall–Kier alpha value is -0.860. The van der Waals surface area contributed by atoms with Gasteiger partial charge in [-0.2, -0.15) is 0 Å². The molecule has 1 aromatic rings. The highest BCUT2D eigenvalue weighted by Gasteiger charge is 2.31. The topological polar surface area (TPSA) is 15.3 Å². The van der Waals surface area contributed by atoms with Crippen molar-refractivity contribution in [2.24, 2.45) is 0 Å². The fraction of sp³-hybridized carbons (Fsp3) is 0.571. The van der Waals surface area contributed by atoms with E-state index in [9.17, 15) is 0 Å². The van der Waals surface area contributed by atoms with E-state index in [1.165, 1.54) is 5.56 Å². The SMILES string of the molecule is CC(C)(C)N1CCNCC1c1ccccc1. The van der Waals surface area contributed by atoms with Gasteiger partial charge in [0, 0.05) is 31.2 Å². The number of nitrogens with zero attached hydrogens (tertiary/aromatic N) is 1. The lowest BCUT2D eigenvalue weighted by molar-refractivity contribution is 0.0607. The standard InChI is InChI=1S/C14H22N2/c1-14(2,3)16-10-9-15-11-13(16)12-7-5-4-6-8-12/h4-8,13,15H,9-11H2,1-3H3. The van der Waals surface area contributed by atoms with Crippen LogP contribution in [0, 0.1) is 0 Å². The van der Waals surface area contributed by atoms with Crippen LogP contribution in [0.1, 0.15) is 32.4 Å². The van der Waals surface area contributed by atoms with E-state index >= 15 is 0 Å². The van der Waals surface area contributed by atoms with E-state index in [-0.39, 0.29) is 5.54 Å². The molecular weight excluding hydrogens is 196 g/mol. The highest BCUT2D eigenvalue weighted by Crippen LogP contribution is 2.28. The number of benzene rings is 1. The van der Waals surface area contributed by atoms with Gasteiger partial charge in [0.1, 0.15) is 0 Å². The second kappa shape index (κ2) is 4.56. The minimum absolute atomic E-state index is 0.239. The molecule has 1 atom stereocenters. The predicted octanol–water partition coefficient (Wildman–Crippen LogP) is 2.43. The van der Waals surface area contributed by atoms with Crippen molar-refractivity contribution < 1.29 is 0 Å². The van der Waals surface area contributed by atoms with Gasteiger partial charge in [0.15, 0.2) is 0 Å². The quantitative estimate of drug-likeness (QED) is 0.779. The first-order valence-electron chi connectivity index (χ1n) is 6.11. The maximum absolute atomic E-state index is 3.49. The molecule has 2 nitrogen and oxygen atoms in total. The molecule has 88 valence electrons. The zero-order valence-corrected chi connectivity index (χ0v) is 10.5. The molecule has 0 radical (unpaired) electrons. The van der Waals surface area contributed by atoms with Gasteiger partial charge in [0.2, 0.25) is 0 Å². The van der Waals surface area contributed by atoms with E-state index in [1.54, 1.807) is 0 Å². The van der Waals surface area contributed by atoms with Gasteiger partial charge >= 0.3 is 0 Å². The van der Waals surface area contributed by atoms with Crippen molar-refractivity contribution in [3.05, 3.63) is 35.9 Å². The Balaban J connectivity index is 2.24. The van der Waals surface area contributed by atoms with E-state index in [1.807, 2.05) is 0 Å². The van der Waals surface area contributed by atoms with Crippen molar-refractivity contribution in [1.82, 2.24) is 10.2 Å². The van der Waals surface area contributed by atoms with Gasteiger partial charge in [-0.3, -0.25) is 4.90 Å². The highest BCUT2D eigenvalue weighted by molar-refractivity contribution is 5.20. The summed E-state index contributed by atoms with van der Waals surface area (Å²) in [6.07, 6.45) is 0. The van der Waals surface area contributed by atoms with Crippen LogP contribution >= 0.6 is 0 Å². The summed E-state index contributed by atoms with van der Waals surface area (Å²) < 4.78 is 0. The minimum atomic E-state index is 0.239. The molecule has 0 saturated carbocycles. The molecule has 1 aliphatic rings. The molecule has 0 bridgehead atoms. The summed E-state index contributed by atoms with van der Waals surface area (Å²) in [6, 6.07) is 11.3. The lowest BCUT2D eigenvalue weighted by Crippen LogP contribution is -2.53. The van der Waals surface area contributed by atoms with Crippen LogP contribution in [0.2, 0.25) is 0 Å². The summed E-state index contributed by atoms with van der Waals surface area (Å²) in [6.45, 7) is 10.2. The van der Waals surface area contributed by atoms with Crippen LogP contribution in [0.3, 0.4) is 0 Å². The summed E-state index contributed by atoms with van der Waals surface area (Å²) in [4.78, 5) is 2.60. The maximum Gasteiger partial charge on any atom is 0.0478 e. The first kappa shape index (κ1) is 11.6. The average molecular weight is 218 g/mol. The summed E-state index contributed by atoms with van der Waals surface area (Å²) >= 11 is 0. The summed E-state index contributed by atoms with van der Waals surface area (Å²) in [7, 11) is 0. The molecule has 1 aliphatic heterocycles. The van der Waals surface area contributed by atoms with Crippen LogP contribution < -0.4 is 5.32 Å². The number of hydrogen-bond acceptors (Lipinski definition) is 2. The third-order valence-electron chi connectivity index (χ3n) is 3.29. The predicted molar refractivity (Wildman–Crippen MR) is 68.5 cm³/mol. The molecule has 1 unspecified atom stereocenters. The molecule has 0 aromatic heterocycles. The zero-order valence-electron chi connectivity index (χ0n) is 10.5. The molecule has 1 heterocycles. The van der Waals surface area contributed by atoms with E-state index in [0.717, 1.165) is 19.6 Å². The second-order valence-corrected chi connectivity index (χ2v) is 5.49. The smallest absolute Gasteiger partial charge is 0.0478 e. The van der Waals surface area contributed by atoms with E-state index in [0.29, 0.717) is 6.04 Å². The molecule has 0 amide bonds. The van der Waals surface area contributed by atoms with E-state index in [4.69, 9.17) is 0 Å². The molecule has 2 rings (SSSR count). The van der Waals surface area contributed by atoms with Crippen LogP contribution in [0.5, 0.6) is 0 Å². The van der Waals surface area contributed by atoms with Gasteiger partial charge in [-0.15, -0.1) is 0 Å². The van der Waals surface area contributed by atoms with Crippen molar-refractivity contribution >= 4 is 0 Å². The third-order valence-corrected chi connectivity index (χ3v) is 3.29. The molecule has 2 heteroatoms. The van der Waals surface area contributed by atoms with Crippen molar-refractivity contribution in [3.8, 4) is 0 Å². The van der Waals surface area contributed by atoms with Crippen molar-refractivity contribution in [1.29, 1.82) is 0 Å². The molecular formula is C14H22N2. The maximum atomic E-state index is 3.49. The Morgan fingerprint density at radius 1 is 1.19 bits per heavy atom. The molecule has 1 saturated heterocycles. The first-order valence-corrected chi connectivity index (χ1v) is 6.11.